The van der Waals surface area contributed by atoms with Crippen molar-refractivity contribution in [3.05, 3.63) is 20.9 Å². The lowest BCUT2D eigenvalue weighted by molar-refractivity contribution is 0.125. The third-order valence-electron chi connectivity index (χ3n) is 1.31. The Labute approximate surface area is 95.2 Å². The van der Waals surface area contributed by atoms with Crippen molar-refractivity contribution in [2.24, 2.45) is 0 Å². The zero-order valence-electron chi connectivity index (χ0n) is 7.00. The molecule has 0 saturated heterocycles. The van der Waals surface area contributed by atoms with Crippen LogP contribution in [-0.2, 0) is 0 Å². The van der Waals surface area contributed by atoms with Crippen LogP contribution in [0.4, 0.5) is 0 Å². The molecule has 0 amide bonds. The zero-order valence-corrected chi connectivity index (χ0v) is 9.91. The highest BCUT2D eigenvalue weighted by Crippen LogP contribution is 2.18. The standard InChI is InChI=1S/C8H9ClINO2/c1-5(4-12)13-8-3-6(10)2-7(9)11-8/h2-3,5,12H,4H2,1H3. The molecule has 1 aromatic rings. The van der Waals surface area contributed by atoms with Gasteiger partial charge in [0.25, 0.3) is 0 Å². The average Bonchev–Trinajstić information content (AvgIpc) is 2.02. The topological polar surface area (TPSA) is 42.4 Å². The highest BCUT2D eigenvalue weighted by atomic mass is 127. The van der Waals surface area contributed by atoms with Crippen LogP contribution in [0.15, 0.2) is 12.1 Å². The molecule has 0 radical (unpaired) electrons. The Morgan fingerprint density at radius 3 is 2.92 bits per heavy atom. The van der Waals surface area contributed by atoms with E-state index in [1.54, 1.807) is 19.1 Å². The Hall–Kier alpha value is -0.0700. The van der Waals surface area contributed by atoms with E-state index in [4.69, 9.17) is 21.4 Å². The highest BCUT2D eigenvalue weighted by Gasteiger charge is 2.04. The molecule has 0 bridgehead atoms. The Balaban J connectivity index is 2.77. The minimum atomic E-state index is -0.262. The molecule has 3 nitrogen and oxygen atoms in total. The summed E-state index contributed by atoms with van der Waals surface area (Å²) in [7, 11) is 0. The van der Waals surface area contributed by atoms with Gasteiger partial charge in [0.05, 0.1) is 6.61 Å². The fraction of sp³-hybridized carbons (Fsp3) is 0.375. The molecule has 0 aromatic carbocycles. The van der Waals surface area contributed by atoms with Crippen LogP contribution in [0.5, 0.6) is 5.88 Å². The first-order valence-corrected chi connectivity index (χ1v) is 5.18. The fourth-order valence-corrected chi connectivity index (χ4v) is 1.69. The minimum absolute atomic E-state index is 0.0369. The van der Waals surface area contributed by atoms with Gasteiger partial charge in [0.2, 0.25) is 5.88 Å². The lowest BCUT2D eigenvalue weighted by Crippen LogP contribution is -2.16. The van der Waals surface area contributed by atoms with E-state index in [-0.39, 0.29) is 12.7 Å². The van der Waals surface area contributed by atoms with Gasteiger partial charge < -0.3 is 9.84 Å². The summed E-state index contributed by atoms with van der Waals surface area (Å²) in [6.07, 6.45) is -0.262. The summed E-state index contributed by atoms with van der Waals surface area (Å²) in [5, 5.41) is 9.14. The predicted octanol–water partition coefficient (Wildman–Crippen LogP) is 2.10. The second-order valence-corrected chi connectivity index (χ2v) is 4.19. The largest absolute Gasteiger partial charge is 0.472 e. The molecule has 1 rings (SSSR count). The summed E-state index contributed by atoms with van der Waals surface area (Å²) in [4.78, 5) is 3.95. The fourth-order valence-electron chi connectivity index (χ4n) is 0.747. The monoisotopic (exact) mass is 313 g/mol. The molecule has 1 N–H and O–H groups in total. The normalized spacial score (nSPS) is 12.6. The van der Waals surface area contributed by atoms with Gasteiger partial charge in [0, 0.05) is 9.64 Å². The van der Waals surface area contributed by atoms with Crippen molar-refractivity contribution >= 4 is 34.2 Å². The van der Waals surface area contributed by atoms with Gasteiger partial charge in [-0.05, 0) is 35.6 Å². The van der Waals surface area contributed by atoms with Gasteiger partial charge in [-0.3, -0.25) is 0 Å². The van der Waals surface area contributed by atoms with Crippen LogP contribution < -0.4 is 4.74 Å². The van der Waals surface area contributed by atoms with Crippen LogP contribution in [0.25, 0.3) is 0 Å². The number of ether oxygens (including phenoxy) is 1. The Morgan fingerprint density at radius 1 is 1.69 bits per heavy atom. The van der Waals surface area contributed by atoms with Gasteiger partial charge in [-0.2, -0.15) is 0 Å². The lowest BCUT2D eigenvalue weighted by Gasteiger charge is -2.10. The third-order valence-corrected chi connectivity index (χ3v) is 2.13. The second kappa shape index (κ2) is 4.97. The quantitative estimate of drug-likeness (QED) is 0.686. The lowest BCUT2D eigenvalue weighted by atomic mass is 10.4. The SMILES string of the molecule is CC(CO)Oc1cc(I)cc(Cl)n1. The van der Waals surface area contributed by atoms with Crippen LogP contribution in [0.3, 0.4) is 0 Å². The molecule has 5 heteroatoms. The van der Waals surface area contributed by atoms with Crippen LogP contribution in [0.2, 0.25) is 5.15 Å². The maximum Gasteiger partial charge on any atom is 0.216 e. The second-order valence-electron chi connectivity index (χ2n) is 2.56. The van der Waals surface area contributed by atoms with Crippen molar-refractivity contribution in [1.82, 2.24) is 4.98 Å². The first-order valence-electron chi connectivity index (χ1n) is 3.72. The molecular formula is C8H9ClINO2. The number of aliphatic hydroxyl groups is 1. The average molecular weight is 314 g/mol. The maximum atomic E-state index is 8.75. The molecule has 1 heterocycles. The summed E-state index contributed by atoms with van der Waals surface area (Å²) in [6, 6.07) is 3.50. The predicted molar refractivity (Wildman–Crippen MR) is 59.1 cm³/mol. The summed E-state index contributed by atoms with van der Waals surface area (Å²) in [6.45, 7) is 1.72. The van der Waals surface area contributed by atoms with E-state index in [1.807, 2.05) is 0 Å². The molecular weight excluding hydrogens is 304 g/mol. The van der Waals surface area contributed by atoms with Crippen molar-refractivity contribution in [1.29, 1.82) is 0 Å². The summed E-state index contributed by atoms with van der Waals surface area (Å²) in [5.74, 6) is 0.443. The highest BCUT2D eigenvalue weighted by molar-refractivity contribution is 14.1. The Kier molecular flexibility index (Phi) is 4.21. The van der Waals surface area contributed by atoms with E-state index >= 15 is 0 Å². The van der Waals surface area contributed by atoms with Gasteiger partial charge >= 0.3 is 0 Å². The number of aliphatic hydroxyl groups excluding tert-OH is 1. The number of rotatable bonds is 3. The Bertz CT molecular complexity index is 275. The number of pyridine rings is 1. The summed E-state index contributed by atoms with van der Waals surface area (Å²) < 4.78 is 6.23. The number of hydrogen-bond donors (Lipinski definition) is 1. The van der Waals surface area contributed by atoms with Crippen molar-refractivity contribution in [3.63, 3.8) is 0 Å². The van der Waals surface area contributed by atoms with E-state index in [0.29, 0.717) is 11.0 Å². The molecule has 13 heavy (non-hydrogen) atoms. The minimum Gasteiger partial charge on any atom is -0.472 e. The van der Waals surface area contributed by atoms with E-state index < -0.39 is 0 Å². The summed E-state index contributed by atoms with van der Waals surface area (Å²) >= 11 is 7.84. The van der Waals surface area contributed by atoms with Crippen molar-refractivity contribution in [2.45, 2.75) is 13.0 Å². The van der Waals surface area contributed by atoms with E-state index in [2.05, 4.69) is 27.6 Å². The molecule has 0 spiro atoms. The third kappa shape index (κ3) is 3.66. The van der Waals surface area contributed by atoms with Crippen LogP contribution >= 0.6 is 34.2 Å². The van der Waals surface area contributed by atoms with Gasteiger partial charge in [0.15, 0.2) is 0 Å². The van der Waals surface area contributed by atoms with E-state index in [0.717, 1.165) is 3.57 Å². The van der Waals surface area contributed by atoms with Gasteiger partial charge in [-0.1, -0.05) is 11.6 Å². The number of hydrogen-bond acceptors (Lipinski definition) is 3. The van der Waals surface area contributed by atoms with Gasteiger partial charge in [-0.15, -0.1) is 0 Å². The van der Waals surface area contributed by atoms with E-state index in [1.165, 1.54) is 0 Å². The first kappa shape index (κ1) is 11.0. The number of nitrogens with zero attached hydrogens (tertiary/aromatic N) is 1. The molecule has 0 aliphatic heterocycles. The molecule has 1 unspecified atom stereocenters. The molecule has 1 aromatic heterocycles. The summed E-state index contributed by atoms with van der Waals surface area (Å²) in [5.41, 5.74) is 0. The molecule has 0 aliphatic carbocycles. The zero-order chi connectivity index (χ0) is 9.84. The Morgan fingerprint density at radius 2 is 2.38 bits per heavy atom. The molecule has 0 fully saturated rings. The molecule has 1 atom stereocenters. The van der Waals surface area contributed by atoms with Gasteiger partial charge in [0.1, 0.15) is 11.3 Å². The maximum absolute atomic E-state index is 8.75. The van der Waals surface area contributed by atoms with E-state index in [9.17, 15) is 0 Å². The van der Waals surface area contributed by atoms with Crippen molar-refractivity contribution < 1.29 is 9.84 Å². The number of halogens is 2. The van der Waals surface area contributed by atoms with Crippen LogP contribution in [-0.4, -0.2) is 22.8 Å². The van der Waals surface area contributed by atoms with Crippen LogP contribution in [0, 0.1) is 3.57 Å². The molecule has 72 valence electrons. The van der Waals surface area contributed by atoms with Crippen molar-refractivity contribution in [2.75, 3.05) is 6.61 Å². The van der Waals surface area contributed by atoms with Crippen LogP contribution in [0.1, 0.15) is 6.92 Å². The van der Waals surface area contributed by atoms with Crippen molar-refractivity contribution in [3.8, 4) is 5.88 Å². The number of aromatic nitrogens is 1. The molecule has 0 aliphatic rings. The van der Waals surface area contributed by atoms with Gasteiger partial charge in [-0.25, -0.2) is 4.98 Å². The first-order chi connectivity index (χ1) is 6.11. The molecule has 0 saturated carbocycles. The smallest absolute Gasteiger partial charge is 0.216 e.